The lowest BCUT2D eigenvalue weighted by atomic mass is 10.1. The van der Waals surface area contributed by atoms with Crippen LogP contribution in [0.15, 0.2) is 29.6 Å². The standard InChI is InChI=1S/C16H19N3OS/c1-3-19-16-7-5-4-6-14(16)15(18-19)9-13(20)8-12-10-21-11(2)17-12/h4-7,10,13,20H,3,8-9H2,1-2H3. The number of benzene rings is 1. The van der Waals surface area contributed by atoms with Gasteiger partial charge in [-0.3, -0.25) is 4.68 Å². The van der Waals surface area contributed by atoms with Gasteiger partial charge in [-0.25, -0.2) is 4.98 Å². The third-order valence-electron chi connectivity index (χ3n) is 3.57. The molecule has 1 aromatic carbocycles. The molecule has 110 valence electrons. The first-order chi connectivity index (χ1) is 10.2. The first-order valence-corrected chi connectivity index (χ1v) is 8.09. The van der Waals surface area contributed by atoms with Crippen molar-refractivity contribution >= 4 is 22.2 Å². The molecule has 2 aromatic heterocycles. The average Bonchev–Trinajstić information content (AvgIpc) is 3.03. The predicted octanol–water partition coefficient (Wildman–Crippen LogP) is 2.97. The molecule has 5 heteroatoms. The lowest BCUT2D eigenvalue weighted by Gasteiger charge is -2.07. The number of fused-ring (bicyclic) bond motifs is 1. The molecule has 1 atom stereocenters. The highest BCUT2D eigenvalue weighted by molar-refractivity contribution is 7.09. The van der Waals surface area contributed by atoms with E-state index in [0.29, 0.717) is 12.8 Å². The van der Waals surface area contributed by atoms with Gasteiger partial charge in [-0.15, -0.1) is 11.3 Å². The Balaban J connectivity index is 1.81. The number of thiazole rings is 1. The summed E-state index contributed by atoms with van der Waals surface area (Å²) in [7, 11) is 0. The molecule has 3 aromatic rings. The Morgan fingerprint density at radius 1 is 1.29 bits per heavy atom. The maximum absolute atomic E-state index is 10.3. The highest BCUT2D eigenvalue weighted by Crippen LogP contribution is 2.20. The quantitative estimate of drug-likeness (QED) is 0.788. The molecule has 4 nitrogen and oxygen atoms in total. The first kappa shape index (κ1) is 14.2. The van der Waals surface area contributed by atoms with Crippen LogP contribution >= 0.6 is 11.3 Å². The molecule has 0 aliphatic rings. The molecular formula is C16H19N3OS. The first-order valence-electron chi connectivity index (χ1n) is 7.21. The number of rotatable bonds is 5. The number of hydrogen-bond acceptors (Lipinski definition) is 4. The van der Waals surface area contributed by atoms with Crippen molar-refractivity contribution < 1.29 is 5.11 Å². The molecule has 3 rings (SSSR count). The maximum atomic E-state index is 10.3. The minimum absolute atomic E-state index is 0.449. The van der Waals surface area contributed by atoms with E-state index in [0.717, 1.165) is 33.8 Å². The molecule has 0 fully saturated rings. The van der Waals surface area contributed by atoms with Crippen LogP contribution in [0.2, 0.25) is 0 Å². The predicted molar refractivity (Wildman–Crippen MR) is 85.7 cm³/mol. The number of aliphatic hydroxyl groups excluding tert-OH is 1. The minimum Gasteiger partial charge on any atom is -0.392 e. The smallest absolute Gasteiger partial charge is 0.0897 e. The van der Waals surface area contributed by atoms with Crippen molar-refractivity contribution in [2.75, 3.05) is 0 Å². The van der Waals surface area contributed by atoms with Gasteiger partial charge in [0.05, 0.1) is 28.0 Å². The Morgan fingerprint density at radius 3 is 2.81 bits per heavy atom. The van der Waals surface area contributed by atoms with Crippen molar-refractivity contribution in [3.05, 3.63) is 46.0 Å². The summed E-state index contributed by atoms with van der Waals surface area (Å²) in [6.07, 6.45) is 0.692. The summed E-state index contributed by atoms with van der Waals surface area (Å²) < 4.78 is 1.99. The number of para-hydroxylation sites is 1. The number of hydrogen-bond donors (Lipinski definition) is 1. The summed E-state index contributed by atoms with van der Waals surface area (Å²) >= 11 is 1.62. The van der Waals surface area contributed by atoms with E-state index in [2.05, 4.69) is 29.1 Å². The van der Waals surface area contributed by atoms with E-state index >= 15 is 0 Å². The van der Waals surface area contributed by atoms with Crippen LogP contribution < -0.4 is 0 Å². The second-order valence-corrected chi connectivity index (χ2v) is 6.26. The summed E-state index contributed by atoms with van der Waals surface area (Å²) in [6.45, 7) is 4.90. The molecule has 0 aliphatic carbocycles. The number of aliphatic hydroxyl groups is 1. The lowest BCUT2D eigenvalue weighted by molar-refractivity contribution is 0.173. The van der Waals surface area contributed by atoms with Gasteiger partial charge in [-0.1, -0.05) is 18.2 Å². The van der Waals surface area contributed by atoms with Gasteiger partial charge in [-0.05, 0) is 19.9 Å². The molecule has 0 amide bonds. The fourth-order valence-corrected chi connectivity index (χ4v) is 3.25. The maximum Gasteiger partial charge on any atom is 0.0897 e. The van der Waals surface area contributed by atoms with Gasteiger partial charge < -0.3 is 5.11 Å². The molecular weight excluding hydrogens is 282 g/mol. The Morgan fingerprint density at radius 2 is 2.10 bits per heavy atom. The van der Waals surface area contributed by atoms with Crippen LogP contribution in [0.3, 0.4) is 0 Å². The zero-order valence-corrected chi connectivity index (χ0v) is 13.1. The van der Waals surface area contributed by atoms with Crippen LogP contribution in [0.5, 0.6) is 0 Å². The van der Waals surface area contributed by atoms with E-state index in [4.69, 9.17) is 0 Å². The van der Waals surface area contributed by atoms with E-state index in [9.17, 15) is 5.11 Å². The SMILES string of the molecule is CCn1nc(CC(O)Cc2csc(C)n2)c2ccccc21. The van der Waals surface area contributed by atoms with Crippen molar-refractivity contribution in [2.45, 2.75) is 39.3 Å². The van der Waals surface area contributed by atoms with Gasteiger partial charge in [0.15, 0.2) is 0 Å². The van der Waals surface area contributed by atoms with Crippen LogP contribution in [-0.4, -0.2) is 26.0 Å². The minimum atomic E-state index is -0.449. The second kappa shape index (κ2) is 5.95. The van der Waals surface area contributed by atoms with Crippen molar-refractivity contribution in [3.8, 4) is 0 Å². The molecule has 0 saturated heterocycles. The Kier molecular flexibility index (Phi) is 4.03. The molecule has 2 heterocycles. The van der Waals surface area contributed by atoms with Crippen LogP contribution in [-0.2, 0) is 19.4 Å². The molecule has 1 unspecified atom stereocenters. The lowest BCUT2D eigenvalue weighted by Crippen LogP contribution is -2.15. The Bertz CT molecular complexity index is 747. The van der Waals surface area contributed by atoms with Crippen LogP contribution in [0.4, 0.5) is 0 Å². The largest absolute Gasteiger partial charge is 0.392 e. The summed E-state index contributed by atoms with van der Waals surface area (Å²) in [5.41, 5.74) is 3.06. The van der Waals surface area contributed by atoms with Gasteiger partial charge in [0, 0.05) is 30.2 Å². The van der Waals surface area contributed by atoms with Crippen molar-refractivity contribution in [3.63, 3.8) is 0 Å². The Labute approximate surface area is 128 Å². The topological polar surface area (TPSA) is 50.9 Å². The van der Waals surface area contributed by atoms with E-state index in [1.54, 1.807) is 11.3 Å². The number of aryl methyl sites for hydroxylation is 2. The fraction of sp³-hybridized carbons (Fsp3) is 0.375. The molecule has 0 bridgehead atoms. The summed E-state index contributed by atoms with van der Waals surface area (Å²) in [5, 5.41) is 19.1. The molecule has 0 spiro atoms. The van der Waals surface area contributed by atoms with Crippen LogP contribution in [0.1, 0.15) is 23.3 Å². The third kappa shape index (κ3) is 2.99. The van der Waals surface area contributed by atoms with Gasteiger partial charge in [-0.2, -0.15) is 5.10 Å². The zero-order valence-electron chi connectivity index (χ0n) is 12.3. The molecule has 0 radical (unpaired) electrons. The van der Waals surface area contributed by atoms with E-state index in [1.807, 2.05) is 29.1 Å². The fourth-order valence-electron chi connectivity index (χ4n) is 2.63. The molecule has 0 saturated carbocycles. The summed E-state index contributed by atoms with van der Waals surface area (Å²) in [5.74, 6) is 0. The zero-order chi connectivity index (χ0) is 14.8. The van der Waals surface area contributed by atoms with Crippen molar-refractivity contribution in [1.82, 2.24) is 14.8 Å². The molecule has 0 aliphatic heterocycles. The summed E-state index contributed by atoms with van der Waals surface area (Å²) in [4.78, 5) is 4.41. The monoisotopic (exact) mass is 301 g/mol. The molecule has 1 N–H and O–H groups in total. The number of nitrogens with zero attached hydrogens (tertiary/aromatic N) is 3. The van der Waals surface area contributed by atoms with E-state index < -0.39 is 6.10 Å². The third-order valence-corrected chi connectivity index (χ3v) is 4.40. The van der Waals surface area contributed by atoms with Gasteiger partial charge >= 0.3 is 0 Å². The number of aromatic nitrogens is 3. The van der Waals surface area contributed by atoms with E-state index in [-0.39, 0.29) is 0 Å². The van der Waals surface area contributed by atoms with Crippen molar-refractivity contribution in [2.24, 2.45) is 0 Å². The van der Waals surface area contributed by atoms with Gasteiger partial charge in [0.1, 0.15) is 0 Å². The highest BCUT2D eigenvalue weighted by Gasteiger charge is 2.15. The molecule has 21 heavy (non-hydrogen) atoms. The summed E-state index contributed by atoms with van der Waals surface area (Å²) in [6, 6.07) is 8.19. The van der Waals surface area contributed by atoms with E-state index in [1.165, 1.54) is 0 Å². The van der Waals surface area contributed by atoms with Crippen LogP contribution in [0, 0.1) is 6.92 Å². The Hall–Kier alpha value is -1.72. The second-order valence-electron chi connectivity index (χ2n) is 5.20. The van der Waals surface area contributed by atoms with Gasteiger partial charge in [0.25, 0.3) is 0 Å². The average molecular weight is 301 g/mol. The van der Waals surface area contributed by atoms with Gasteiger partial charge in [0.2, 0.25) is 0 Å². The normalized spacial score (nSPS) is 12.9. The highest BCUT2D eigenvalue weighted by atomic mass is 32.1. The van der Waals surface area contributed by atoms with Crippen molar-refractivity contribution in [1.29, 1.82) is 0 Å². The van der Waals surface area contributed by atoms with Crippen LogP contribution in [0.25, 0.3) is 10.9 Å².